The van der Waals surface area contributed by atoms with Gasteiger partial charge in [0, 0.05) is 3.57 Å². The molecule has 1 aromatic heterocycles. The summed E-state index contributed by atoms with van der Waals surface area (Å²) in [5.41, 5.74) is 0.767. The number of hydrogen-bond donors (Lipinski definition) is 0. The monoisotopic (exact) mass is 382 g/mol. The van der Waals surface area contributed by atoms with Gasteiger partial charge in [-0.1, -0.05) is 12.1 Å². The molecule has 1 heterocycles. The van der Waals surface area contributed by atoms with Crippen LogP contribution in [0.4, 0.5) is 0 Å². The number of nitrogens with zero attached hydrogens (tertiary/aromatic N) is 2. The van der Waals surface area contributed by atoms with E-state index in [1.54, 1.807) is 0 Å². The molecule has 3 rings (SSSR count). The first-order valence-corrected chi connectivity index (χ1v) is 7.04. The van der Waals surface area contributed by atoms with Gasteiger partial charge in [-0.25, -0.2) is 4.98 Å². The molecule has 0 unspecified atom stereocenters. The van der Waals surface area contributed by atoms with E-state index in [2.05, 4.69) is 32.6 Å². The van der Waals surface area contributed by atoms with Crippen molar-refractivity contribution in [3.63, 3.8) is 0 Å². The van der Waals surface area contributed by atoms with Crippen LogP contribution in [-0.4, -0.2) is 9.97 Å². The van der Waals surface area contributed by atoms with Crippen LogP contribution in [0.3, 0.4) is 0 Å². The molecule has 0 radical (unpaired) electrons. The Bertz CT molecular complexity index is 731. The van der Waals surface area contributed by atoms with Crippen molar-refractivity contribution in [1.29, 1.82) is 0 Å². The van der Waals surface area contributed by atoms with Crippen molar-refractivity contribution in [3.05, 3.63) is 57.4 Å². The van der Waals surface area contributed by atoms with Gasteiger partial charge in [-0.3, -0.25) is 0 Å². The minimum Gasteiger partial charge on any atom is -0.438 e. The summed E-state index contributed by atoms with van der Waals surface area (Å²) in [6, 6.07) is 15.3. The smallest absolute Gasteiger partial charge is 0.231 e. The maximum absolute atomic E-state index is 5.91. The highest BCUT2D eigenvalue weighted by molar-refractivity contribution is 14.1. The predicted molar refractivity (Wildman–Crippen MR) is 83.8 cm³/mol. The van der Waals surface area contributed by atoms with Crippen LogP contribution in [0.5, 0.6) is 11.6 Å². The van der Waals surface area contributed by atoms with Gasteiger partial charge < -0.3 is 4.74 Å². The zero-order valence-electron chi connectivity index (χ0n) is 9.68. The molecule has 0 N–H and O–H groups in total. The molecule has 3 aromatic rings. The van der Waals surface area contributed by atoms with Crippen LogP contribution in [0, 0.1) is 3.57 Å². The summed E-state index contributed by atoms with van der Waals surface area (Å²) in [7, 11) is 0. The molecule has 0 amide bonds. The molecule has 2 aromatic carbocycles. The van der Waals surface area contributed by atoms with E-state index in [0.717, 1.165) is 20.2 Å². The molecular formula is C14H8ClIN2O. The summed E-state index contributed by atoms with van der Waals surface area (Å²) in [6.07, 6.45) is 0. The summed E-state index contributed by atoms with van der Waals surface area (Å²) in [5.74, 6) is 1.19. The van der Waals surface area contributed by atoms with Crippen LogP contribution >= 0.6 is 34.2 Å². The lowest BCUT2D eigenvalue weighted by Crippen LogP contribution is -1.92. The summed E-state index contributed by atoms with van der Waals surface area (Å²) >= 11 is 8.16. The Morgan fingerprint density at radius 1 is 0.947 bits per heavy atom. The molecule has 0 saturated heterocycles. The van der Waals surface area contributed by atoms with E-state index in [0.29, 0.717) is 5.88 Å². The highest BCUT2D eigenvalue weighted by Gasteiger charge is 2.08. The van der Waals surface area contributed by atoms with E-state index in [-0.39, 0.29) is 5.28 Å². The molecule has 0 saturated carbocycles. The predicted octanol–water partition coefficient (Wildman–Crippen LogP) is 4.68. The molecular weight excluding hydrogens is 375 g/mol. The lowest BCUT2D eigenvalue weighted by atomic mass is 10.2. The van der Waals surface area contributed by atoms with E-state index in [1.165, 1.54) is 0 Å². The summed E-state index contributed by atoms with van der Waals surface area (Å²) < 4.78 is 6.94. The Morgan fingerprint density at radius 3 is 2.47 bits per heavy atom. The second kappa shape index (κ2) is 5.30. The van der Waals surface area contributed by atoms with Crippen LogP contribution in [0.25, 0.3) is 10.9 Å². The Balaban J connectivity index is 2.07. The van der Waals surface area contributed by atoms with Crippen molar-refractivity contribution < 1.29 is 4.74 Å². The van der Waals surface area contributed by atoms with E-state index in [9.17, 15) is 0 Å². The van der Waals surface area contributed by atoms with Gasteiger partial charge in [0.25, 0.3) is 0 Å². The zero-order chi connectivity index (χ0) is 13.2. The quantitative estimate of drug-likeness (QED) is 0.477. The second-order valence-corrected chi connectivity index (χ2v) is 5.45. The van der Waals surface area contributed by atoms with Gasteiger partial charge in [-0.2, -0.15) is 4.98 Å². The van der Waals surface area contributed by atoms with E-state index in [4.69, 9.17) is 16.3 Å². The normalized spacial score (nSPS) is 10.6. The number of halogens is 2. The summed E-state index contributed by atoms with van der Waals surface area (Å²) in [6.45, 7) is 0. The van der Waals surface area contributed by atoms with Crippen LogP contribution in [0.2, 0.25) is 5.28 Å². The second-order valence-electron chi connectivity index (χ2n) is 3.87. The Hall–Kier alpha value is -1.40. The van der Waals surface area contributed by atoms with Crippen molar-refractivity contribution in [2.75, 3.05) is 0 Å². The van der Waals surface area contributed by atoms with Crippen molar-refractivity contribution in [2.24, 2.45) is 0 Å². The number of ether oxygens (including phenoxy) is 1. The average molecular weight is 383 g/mol. The SMILES string of the molecule is Clc1nc(Oc2ccc(I)cc2)c2ccccc2n1. The lowest BCUT2D eigenvalue weighted by Gasteiger charge is -2.07. The van der Waals surface area contributed by atoms with Crippen LogP contribution in [0.1, 0.15) is 0 Å². The number of benzene rings is 2. The highest BCUT2D eigenvalue weighted by Crippen LogP contribution is 2.28. The summed E-state index contributed by atoms with van der Waals surface area (Å²) in [5, 5.41) is 1.02. The fraction of sp³-hybridized carbons (Fsp3) is 0. The standard InChI is InChI=1S/C14H8ClIN2O/c15-14-17-12-4-2-1-3-11(12)13(18-14)19-10-7-5-9(16)6-8-10/h1-8H. The van der Waals surface area contributed by atoms with Crippen LogP contribution < -0.4 is 4.74 Å². The van der Waals surface area contributed by atoms with Crippen molar-refractivity contribution >= 4 is 45.1 Å². The molecule has 3 nitrogen and oxygen atoms in total. The van der Waals surface area contributed by atoms with Gasteiger partial charge in [-0.15, -0.1) is 0 Å². The largest absolute Gasteiger partial charge is 0.438 e. The maximum atomic E-state index is 5.91. The molecule has 0 atom stereocenters. The lowest BCUT2D eigenvalue weighted by molar-refractivity contribution is 0.468. The van der Waals surface area contributed by atoms with Crippen molar-refractivity contribution in [3.8, 4) is 11.6 Å². The van der Waals surface area contributed by atoms with E-state index < -0.39 is 0 Å². The molecule has 0 bridgehead atoms. The molecule has 0 fully saturated rings. The topological polar surface area (TPSA) is 35.0 Å². The molecule has 94 valence electrons. The van der Waals surface area contributed by atoms with Crippen molar-refractivity contribution in [2.45, 2.75) is 0 Å². The minimum absolute atomic E-state index is 0.180. The van der Waals surface area contributed by atoms with E-state index >= 15 is 0 Å². The Morgan fingerprint density at radius 2 is 1.68 bits per heavy atom. The van der Waals surface area contributed by atoms with Gasteiger partial charge in [-0.05, 0) is 70.6 Å². The maximum Gasteiger partial charge on any atom is 0.231 e. The number of fused-ring (bicyclic) bond motifs is 1. The van der Waals surface area contributed by atoms with Gasteiger partial charge >= 0.3 is 0 Å². The third-order valence-corrected chi connectivity index (χ3v) is 3.46. The zero-order valence-corrected chi connectivity index (χ0v) is 12.6. The number of aromatic nitrogens is 2. The molecule has 5 heteroatoms. The summed E-state index contributed by atoms with van der Waals surface area (Å²) in [4.78, 5) is 8.31. The van der Waals surface area contributed by atoms with E-state index in [1.807, 2.05) is 48.5 Å². The van der Waals surface area contributed by atoms with Gasteiger partial charge in [0.2, 0.25) is 11.2 Å². The Labute approximate surface area is 128 Å². The Kier molecular flexibility index (Phi) is 3.52. The van der Waals surface area contributed by atoms with Gasteiger partial charge in [0.15, 0.2) is 0 Å². The van der Waals surface area contributed by atoms with Gasteiger partial charge in [0.05, 0.1) is 10.9 Å². The molecule has 0 aliphatic carbocycles. The van der Waals surface area contributed by atoms with Crippen LogP contribution in [-0.2, 0) is 0 Å². The van der Waals surface area contributed by atoms with Gasteiger partial charge in [0.1, 0.15) is 5.75 Å². The van der Waals surface area contributed by atoms with Crippen molar-refractivity contribution in [1.82, 2.24) is 9.97 Å². The highest BCUT2D eigenvalue weighted by atomic mass is 127. The van der Waals surface area contributed by atoms with Crippen LogP contribution in [0.15, 0.2) is 48.5 Å². The first-order chi connectivity index (χ1) is 9.22. The molecule has 0 spiro atoms. The molecule has 0 aliphatic rings. The number of hydrogen-bond acceptors (Lipinski definition) is 3. The average Bonchev–Trinajstić information content (AvgIpc) is 2.41. The fourth-order valence-electron chi connectivity index (χ4n) is 1.71. The fourth-order valence-corrected chi connectivity index (χ4v) is 2.24. The number of para-hydroxylation sites is 1. The third-order valence-electron chi connectivity index (χ3n) is 2.57. The molecule has 0 aliphatic heterocycles. The molecule has 19 heavy (non-hydrogen) atoms. The number of rotatable bonds is 2. The third kappa shape index (κ3) is 2.79. The first kappa shape index (κ1) is 12.6. The first-order valence-electron chi connectivity index (χ1n) is 5.58. The minimum atomic E-state index is 0.180.